The van der Waals surface area contributed by atoms with Gasteiger partial charge in [-0.15, -0.1) is 29.7 Å². The summed E-state index contributed by atoms with van der Waals surface area (Å²) >= 11 is 13.5. The molecule has 0 saturated heterocycles. The zero-order valence-electron chi connectivity index (χ0n) is 43.0. The highest BCUT2D eigenvalue weighted by molar-refractivity contribution is 7.90. The van der Waals surface area contributed by atoms with Gasteiger partial charge in [-0.3, -0.25) is 0 Å². The first-order chi connectivity index (χ1) is 33.7. The van der Waals surface area contributed by atoms with E-state index in [4.69, 9.17) is 64.1 Å². The number of halogens is 2. The second-order valence-corrected chi connectivity index (χ2v) is 30.8. The zero-order chi connectivity index (χ0) is 53.3. The molecule has 0 unspecified atom stereocenters. The molecule has 0 fully saturated rings. The molecule has 22 heteroatoms. The van der Waals surface area contributed by atoms with Crippen LogP contribution >= 0.6 is 35.5 Å². The van der Waals surface area contributed by atoms with Gasteiger partial charge in [0, 0.05) is 22.5 Å². The summed E-state index contributed by atoms with van der Waals surface area (Å²) in [6.07, 6.45) is -0.617. The Morgan fingerprint density at radius 1 is 0.653 bits per heavy atom. The monoisotopic (exact) mass is 1080 g/mol. The minimum Gasteiger partial charge on any atom is -0.508 e. The van der Waals surface area contributed by atoms with Crippen LogP contribution in [-0.4, -0.2) is 54.3 Å². The van der Waals surface area contributed by atoms with Crippen molar-refractivity contribution in [3.05, 3.63) is 129 Å². The van der Waals surface area contributed by atoms with E-state index >= 15 is 0 Å². The number of phenolic OH excluding ortho intramolecular Hbond substituents is 1. The summed E-state index contributed by atoms with van der Waals surface area (Å²) < 4.78 is 35.3. The number of nitrogens with zero attached hydrogens (tertiary/aromatic N) is 6. The van der Waals surface area contributed by atoms with Crippen molar-refractivity contribution in [2.75, 3.05) is 10.6 Å². The van der Waals surface area contributed by atoms with Gasteiger partial charge in [0.25, 0.3) is 12.3 Å². The van der Waals surface area contributed by atoms with Crippen LogP contribution in [0.25, 0.3) is 32.6 Å². The molecule has 2 aromatic heterocycles. The van der Waals surface area contributed by atoms with E-state index in [-0.39, 0.29) is 28.0 Å². The van der Waals surface area contributed by atoms with E-state index in [9.17, 15) is 5.11 Å². The van der Waals surface area contributed by atoms with Crippen LogP contribution in [0.1, 0.15) is 90.4 Å². The molecule has 2 heterocycles. The average molecular weight is 1080 g/mol. The number of benzene rings is 4. The van der Waals surface area contributed by atoms with E-state index < -0.39 is 28.7 Å². The lowest BCUT2D eigenvalue weighted by molar-refractivity contribution is -0.199. The predicted molar refractivity (Wildman–Crippen MR) is 289 cm³/mol. The summed E-state index contributed by atoms with van der Waals surface area (Å²) in [7, 11) is -4.24. The third kappa shape index (κ3) is 14.2. The Hall–Kier alpha value is -5.50. The summed E-state index contributed by atoms with van der Waals surface area (Å²) in [6, 6.07) is 19.7. The van der Waals surface area contributed by atoms with Gasteiger partial charge >= 0.3 is 0 Å². The summed E-state index contributed by atoms with van der Waals surface area (Å²) in [5.74, 6) is 6.89. The molecular formula is C50H63Cl2N9O8SSi2. The summed E-state index contributed by atoms with van der Waals surface area (Å²) in [5.41, 5.74) is 5.23. The molecule has 6 rings (SSSR count). The molecule has 0 radical (unpaired) electrons. The van der Waals surface area contributed by atoms with Crippen molar-refractivity contribution in [3.8, 4) is 34.4 Å². The van der Waals surface area contributed by atoms with E-state index in [1.165, 1.54) is 0 Å². The van der Waals surface area contributed by atoms with E-state index in [2.05, 4.69) is 118 Å². The van der Waals surface area contributed by atoms with E-state index in [0.717, 1.165) is 22.5 Å². The summed E-state index contributed by atoms with van der Waals surface area (Å²) in [4.78, 5) is 10.9. The molecular weight excluding hydrogens is 1010 g/mol. The molecule has 6 aromatic rings. The Kier molecular flexibility index (Phi) is 19.2. The van der Waals surface area contributed by atoms with Crippen LogP contribution in [0.2, 0.25) is 46.3 Å². The molecule has 384 valence electrons. The molecule has 4 aromatic carbocycles. The smallest absolute Gasteiger partial charge is 0.260 e. The maximum atomic E-state index is 9.57. The first-order valence-electron chi connectivity index (χ1n) is 22.9. The highest BCUT2D eigenvalue weighted by Gasteiger charge is 2.42. The molecule has 0 aliphatic heterocycles. The van der Waals surface area contributed by atoms with Crippen LogP contribution in [0.5, 0.6) is 11.5 Å². The van der Waals surface area contributed by atoms with Crippen LogP contribution in [0.3, 0.4) is 0 Å². The predicted octanol–water partition coefficient (Wildman–Crippen LogP) is 15.1. The molecule has 0 saturated carbocycles. The van der Waals surface area contributed by atoms with Crippen LogP contribution in [0, 0.1) is 27.0 Å². The number of hydrogen-bond acceptors (Lipinski definition) is 16. The molecule has 17 nitrogen and oxygen atoms in total. The maximum Gasteiger partial charge on any atom is 0.260 e. The Bertz CT molecular complexity index is 2860. The Balaban J connectivity index is 0.000000269. The number of phenols is 1. The normalized spacial score (nSPS) is 13.7. The molecule has 0 aliphatic rings. The molecule has 0 bridgehead atoms. The van der Waals surface area contributed by atoms with E-state index in [1.54, 1.807) is 60.7 Å². The van der Waals surface area contributed by atoms with Crippen molar-refractivity contribution >= 4 is 74.9 Å². The van der Waals surface area contributed by atoms with Crippen molar-refractivity contribution in [1.82, 2.24) is 20.4 Å². The fourth-order valence-electron chi connectivity index (χ4n) is 6.62. The van der Waals surface area contributed by atoms with Crippen LogP contribution in [-0.2, 0) is 18.2 Å². The Labute approximate surface area is 438 Å². The van der Waals surface area contributed by atoms with Gasteiger partial charge in [-0.05, 0) is 136 Å². The van der Waals surface area contributed by atoms with Gasteiger partial charge in [-0.25, -0.2) is 9.69 Å². The zero-order valence-corrected chi connectivity index (χ0v) is 47.3. The van der Waals surface area contributed by atoms with Gasteiger partial charge in [-0.2, -0.15) is 5.90 Å². The molecule has 0 aliphatic carbocycles. The van der Waals surface area contributed by atoms with Gasteiger partial charge in [-0.1, -0.05) is 76.9 Å². The van der Waals surface area contributed by atoms with E-state index in [1.807, 2.05) is 39.8 Å². The number of nitrogens with one attached hydrogen (secondary N) is 2. The lowest BCUT2D eigenvalue weighted by atomic mass is 10.1. The molecule has 0 amide bonds. The highest BCUT2D eigenvalue weighted by Crippen LogP contribution is 2.43. The van der Waals surface area contributed by atoms with Gasteiger partial charge in [0.1, 0.15) is 23.6 Å². The number of aromatic nitrogens is 4. The van der Waals surface area contributed by atoms with Gasteiger partial charge in [0.05, 0.1) is 35.4 Å². The van der Waals surface area contributed by atoms with Gasteiger partial charge < -0.3 is 37.6 Å². The number of nitrogens with two attached hydrogens (primary N) is 1. The molecule has 0 spiro atoms. The van der Waals surface area contributed by atoms with Crippen LogP contribution < -0.4 is 20.7 Å². The lowest BCUT2D eigenvalue weighted by Crippen LogP contribution is -2.45. The molecule has 4 atom stereocenters. The Morgan fingerprint density at radius 2 is 1.04 bits per heavy atom. The minimum atomic E-state index is -2.14. The highest BCUT2D eigenvalue weighted by atomic mass is 35.5. The number of anilines is 2. The number of aromatic hydroxyl groups is 1. The fraction of sp³-hybridized carbons (Fsp3) is 0.400. The van der Waals surface area contributed by atoms with Gasteiger partial charge in [0.2, 0.25) is 34.9 Å². The minimum absolute atomic E-state index is 0.00569. The second kappa shape index (κ2) is 24.0. The number of hydrogen-bond donors (Lipinski definition) is 4. The topological polar surface area (TPSA) is 203 Å². The summed E-state index contributed by atoms with van der Waals surface area (Å²) in [5, 5.41) is 34.6. The standard InChI is InChI=1S/C25H32ClN5O5SSi.C25H31ClN4O3Si/c1-15-19(13-14-20(28-6)21(15)26)29-22(16(2)34-38(7,8)25(3,4)5)24-31-30-23(32-24)17-9-11-18(12-10-17)33-37-36-35-27;1-15-19(13-14-20(27-6)21(15)26)28-22(16(2)33-34(7,8)25(3,4)5)24-30-29-23(32-24)17-9-11-18(31)12-10-17/h9-14,16,22,29H,27H2,1-5,7-8H3;9-14,16,22,28,31H,1-5,7-8H3/t2*16-,22+/m00/s1. The average Bonchev–Trinajstić information content (AvgIpc) is 4.01. The second-order valence-electron chi connectivity index (χ2n) is 20.1. The van der Waals surface area contributed by atoms with Crippen LogP contribution in [0.4, 0.5) is 22.7 Å². The van der Waals surface area contributed by atoms with Crippen molar-refractivity contribution in [3.63, 3.8) is 0 Å². The summed E-state index contributed by atoms with van der Waals surface area (Å²) in [6.45, 7) is 44.3. The quantitative estimate of drug-likeness (QED) is 0.0158. The third-order valence-electron chi connectivity index (χ3n) is 12.9. The first-order valence-corrected chi connectivity index (χ1v) is 30.1. The maximum absolute atomic E-state index is 9.57. The van der Waals surface area contributed by atoms with Crippen molar-refractivity contribution in [2.24, 2.45) is 5.90 Å². The van der Waals surface area contributed by atoms with Crippen molar-refractivity contribution < 1.29 is 36.3 Å². The molecule has 72 heavy (non-hydrogen) atoms. The molecule has 5 N–H and O–H groups in total. The number of rotatable bonds is 18. The lowest BCUT2D eigenvalue weighted by Gasteiger charge is -2.40. The van der Waals surface area contributed by atoms with Gasteiger partial charge in [0.15, 0.2) is 16.6 Å². The third-order valence-corrected chi connectivity index (χ3v) is 23.4. The van der Waals surface area contributed by atoms with Crippen molar-refractivity contribution in [2.45, 2.75) is 130 Å². The largest absolute Gasteiger partial charge is 0.508 e. The van der Waals surface area contributed by atoms with Crippen molar-refractivity contribution in [1.29, 1.82) is 0 Å². The SMILES string of the molecule is [C-]#[N+]c1ccc(N[C@@H](c2nnc(-c3ccc(O)cc3)o2)[C@H](C)O[Si](C)(C)C(C)(C)C)c(C)c1Cl.[C-]#[N+]c1ccc(N[C@@H](c2nnc(-c3ccc(OSOON)cc3)o2)[C@H](C)O[Si](C)(C)C(C)(C)C)c(C)c1Cl. The van der Waals surface area contributed by atoms with E-state index in [0.29, 0.717) is 74.2 Å². The first kappa shape index (κ1) is 57.4. The Morgan fingerprint density at radius 3 is 1.40 bits per heavy atom. The van der Waals surface area contributed by atoms with Crippen LogP contribution in [0.15, 0.2) is 81.6 Å². The fourth-order valence-corrected chi connectivity index (χ4v) is 10.1.